The second kappa shape index (κ2) is 10.5. The second-order valence-electron chi connectivity index (χ2n) is 10.3. The lowest BCUT2D eigenvalue weighted by Crippen LogP contribution is -2.26. The summed E-state index contributed by atoms with van der Waals surface area (Å²) in [7, 11) is 0. The van der Waals surface area contributed by atoms with E-state index in [9.17, 15) is 4.79 Å². The summed E-state index contributed by atoms with van der Waals surface area (Å²) in [6.07, 6.45) is 14.2. The molecule has 1 unspecified atom stereocenters. The van der Waals surface area contributed by atoms with Gasteiger partial charge in [-0.25, -0.2) is 9.97 Å². The number of carbonyl (C=O) groups is 1. The summed E-state index contributed by atoms with van der Waals surface area (Å²) in [6, 6.07) is 5.99. The minimum absolute atomic E-state index is 0.180. The summed E-state index contributed by atoms with van der Waals surface area (Å²) >= 11 is 0. The Morgan fingerprint density at radius 3 is 2.76 bits per heavy atom. The maximum atomic E-state index is 12.6. The highest BCUT2D eigenvalue weighted by Gasteiger charge is 2.24. The van der Waals surface area contributed by atoms with Crippen molar-refractivity contribution in [1.82, 2.24) is 24.7 Å². The highest BCUT2D eigenvalue weighted by molar-refractivity contribution is 5.71. The molecule has 7 heteroatoms. The molecule has 7 nitrogen and oxygen atoms in total. The molecule has 3 aromatic rings. The minimum Gasteiger partial charge on any atom is -0.460 e. The Morgan fingerprint density at radius 1 is 1.21 bits per heavy atom. The molecule has 0 fully saturated rings. The molecule has 0 N–H and O–H groups in total. The quantitative estimate of drug-likeness (QED) is 0.447. The van der Waals surface area contributed by atoms with Gasteiger partial charge in [-0.3, -0.25) is 14.5 Å². The van der Waals surface area contributed by atoms with Gasteiger partial charge in [-0.1, -0.05) is 6.07 Å². The van der Waals surface area contributed by atoms with Crippen molar-refractivity contribution in [2.24, 2.45) is 5.92 Å². The predicted octanol–water partition coefficient (Wildman–Crippen LogP) is 4.83. The van der Waals surface area contributed by atoms with E-state index in [0.717, 1.165) is 36.9 Å². The topological polar surface area (TPSA) is 82.8 Å². The van der Waals surface area contributed by atoms with Gasteiger partial charge in [0.1, 0.15) is 11.4 Å². The highest BCUT2D eigenvalue weighted by Crippen LogP contribution is 2.28. The number of ether oxygens (including phenoxy) is 1. The molecule has 0 bridgehead atoms. The largest absolute Gasteiger partial charge is 0.460 e. The molecule has 0 radical (unpaired) electrons. The first-order valence-corrected chi connectivity index (χ1v) is 12.2. The number of fused-ring (bicyclic) bond motifs is 1. The number of rotatable bonds is 8. The SMILES string of the molecule is Cc1ncc(C(CC(=O)OC(C)(C)C)n2ccc(CCC[C@H]3CCc4cccnc4C3)n2)cn1. The molecule has 1 aliphatic rings. The number of carbonyl (C=O) groups excluding carboxylic acids is 1. The van der Waals surface area contributed by atoms with Gasteiger partial charge >= 0.3 is 5.97 Å². The molecule has 0 amide bonds. The standard InChI is InChI=1S/C27H35N5O2/c1-19-29-17-22(18-30-19)25(16-26(33)34-27(2,3)4)32-14-12-23(31-32)9-5-7-20-10-11-21-8-6-13-28-24(21)15-20/h6,8,12-14,17-18,20,25H,5,7,9-11,15-16H2,1-4H3/t20-,25?/m0/s1. The van der Waals surface area contributed by atoms with Crippen LogP contribution in [0.1, 0.15) is 80.8 Å². The van der Waals surface area contributed by atoms with Crippen molar-refractivity contribution in [3.05, 3.63) is 71.3 Å². The van der Waals surface area contributed by atoms with Crippen LogP contribution in [0.15, 0.2) is 43.0 Å². The molecular formula is C27H35N5O2. The zero-order valence-electron chi connectivity index (χ0n) is 20.7. The summed E-state index contributed by atoms with van der Waals surface area (Å²) < 4.78 is 7.43. The van der Waals surface area contributed by atoms with Crippen LogP contribution in [0.3, 0.4) is 0 Å². The van der Waals surface area contributed by atoms with Gasteiger partial charge in [0.15, 0.2) is 0 Å². The first kappa shape index (κ1) is 24.0. The van der Waals surface area contributed by atoms with Gasteiger partial charge in [-0.15, -0.1) is 0 Å². The van der Waals surface area contributed by atoms with E-state index in [1.165, 1.54) is 24.1 Å². The normalized spacial score (nSPS) is 16.6. The zero-order chi connectivity index (χ0) is 24.1. The van der Waals surface area contributed by atoms with Crippen molar-refractivity contribution in [2.75, 3.05) is 0 Å². The Morgan fingerprint density at radius 2 is 2.00 bits per heavy atom. The average molecular weight is 462 g/mol. The van der Waals surface area contributed by atoms with Crippen molar-refractivity contribution >= 4 is 5.97 Å². The third kappa shape index (κ3) is 6.49. The molecule has 0 aliphatic heterocycles. The lowest BCUT2D eigenvalue weighted by Gasteiger charge is -2.23. The number of esters is 1. The molecule has 3 aromatic heterocycles. The van der Waals surface area contributed by atoms with Crippen LogP contribution in [-0.4, -0.2) is 36.3 Å². The van der Waals surface area contributed by atoms with Crippen molar-refractivity contribution in [3.63, 3.8) is 0 Å². The fourth-order valence-corrected chi connectivity index (χ4v) is 4.60. The van der Waals surface area contributed by atoms with Gasteiger partial charge in [0, 0.05) is 36.0 Å². The van der Waals surface area contributed by atoms with Gasteiger partial charge in [-0.05, 0) is 89.8 Å². The lowest BCUT2D eigenvalue weighted by molar-refractivity contribution is -0.155. The Bertz CT molecular complexity index is 1100. The monoisotopic (exact) mass is 461 g/mol. The van der Waals surface area contributed by atoms with E-state index in [2.05, 4.69) is 27.1 Å². The molecule has 0 spiro atoms. The molecule has 34 heavy (non-hydrogen) atoms. The van der Waals surface area contributed by atoms with Crippen LogP contribution in [0.2, 0.25) is 0 Å². The number of aromatic nitrogens is 5. The molecule has 3 heterocycles. The third-order valence-corrected chi connectivity index (χ3v) is 6.28. The second-order valence-corrected chi connectivity index (χ2v) is 10.3. The smallest absolute Gasteiger partial charge is 0.308 e. The lowest BCUT2D eigenvalue weighted by atomic mass is 9.84. The van der Waals surface area contributed by atoms with Crippen molar-refractivity contribution in [2.45, 2.75) is 84.3 Å². The van der Waals surface area contributed by atoms with E-state index in [-0.39, 0.29) is 18.4 Å². The van der Waals surface area contributed by atoms with Crippen LogP contribution >= 0.6 is 0 Å². The average Bonchev–Trinajstić information content (AvgIpc) is 3.25. The first-order valence-electron chi connectivity index (χ1n) is 12.2. The molecule has 2 atom stereocenters. The number of nitrogens with zero attached hydrogens (tertiary/aromatic N) is 5. The molecule has 0 saturated carbocycles. The van der Waals surface area contributed by atoms with Crippen LogP contribution < -0.4 is 0 Å². The van der Waals surface area contributed by atoms with Gasteiger partial charge in [0.05, 0.1) is 18.2 Å². The fourth-order valence-electron chi connectivity index (χ4n) is 4.60. The van der Waals surface area contributed by atoms with Crippen LogP contribution in [0.25, 0.3) is 0 Å². The maximum Gasteiger partial charge on any atom is 0.308 e. The van der Waals surface area contributed by atoms with E-state index in [1.807, 2.05) is 50.8 Å². The molecule has 0 aromatic carbocycles. The Labute approximate surface area is 202 Å². The number of hydrogen-bond acceptors (Lipinski definition) is 6. The number of aryl methyl sites for hydroxylation is 3. The van der Waals surface area contributed by atoms with Crippen LogP contribution in [0.4, 0.5) is 0 Å². The van der Waals surface area contributed by atoms with Crippen molar-refractivity contribution in [3.8, 4) is 0 Å². The number of hydrogen-bond donors (Lipinski definition) is 0. The molecular weight excluding hydrogens is 426 g/mol. The number of pyridine rings is 1. The van der Waals surface area contributed by atoms with Gasteiger partial charge < -0.3 is 4.74 Å². The van der Waals surface area contributed by atoms with Gasteiger partial charge in [0.2, 0.25) is 0 Å². The zero-order valence-corrected chi connectivity index (χ0v) is 20.7. The summed E-state index contributed by atoms with van der Waals surface area (Å²) in [5.41, 5.74) is 4.04. The minimum atomic E-state index is -0.532. The first-order chi connectivity index (χ1) is 16.3. The van der Waals surface area contributed by atoms with Crippen molar-refractivity contribution in [1.29, 1.82) is 0 Å². The highest BCUT2D eigenvalue weighted by atomic mass is 16.6. The Hall–Kier alpha value is -3.09. The molecule has 4 rings (SSSR count). The summed E-state index contributed by atoms with van der Waals surface area (Å²) in [5.74, 6) is 1.12. The Kier molecular flexibility index (Phi) is 7.39. The molecule has 1 aliphatic carbocycles. The Balaban J connectivity index is 1.38. The predicted molar refractivity (Wildman–Crippen MR) is 130 cm³/mol. The summed E-state index contributed by atoms with van der Waals surface area (Å²) in [4.78, 5) is 25.8. The van der Waals surface area contributed by atoms with Gasteiger partial charge in [-0.2, -0.15) is 5.10 Å². The van der Waals surface area contributed by atoms with Crippen LogP contribution in [-0.2, 0) is 28.8 Å². The van der Waals surface area contributed by atoms with Crippen molar-refractivity contribution < 1.29 is 9.53 Å². The van der Waals surface area contributed by atoms with E-state index < -0.39 is 5.60 Å². The van der Waals surface area contributed by atoms with Crippen LogP contribution in [0, 0.1) is 12.8 Å². The molecule has 0 saturated heterocycles. The van der Waals surface area contributed by atoms with E-state index >= 15 is 0 Å². The maximum absolute atomic E-state index is 12.6. The fraction of sp³-hybridized carbons (Fsp3) is 0.519. The summed E-state index contributed by atoms with van der Waals surface area (Å²) in [5, 5.41) is 4.82. The van der Waals surface area contributed by atoms with E-state index in [1.54, 1.807) is 12.4 Å². The van der Waals surface area contributed by atoms with Gasteiger partial charge in [0.25, 0.3) is 0 Å². The van der Waals surface area contributed by atoms with E-state index in [4.69, 9.17) is 9.84 Å². The molecule has 180 valence electrons. The van der Waals surface area contributed by atoms with Crippen LogP contribution in [0.5, 0.6) is 0 Å². The summed E-state index contributed by atoms with van der Waals surface area (Å²) in [6.45, 7) is 7.48. The third-order valence-electron chi connectivity index (χ3n) is 6.28. The van der Waals surface area contributed by atoms with E-state index in [0.29, 0.717) is 11.7 Å².